The van der Waals surface area contributed by atoms with Gasteiger partial charge in [0.2, 0.25) is 10.4 Å². The van der Waals surface area contributed by atoms with Crippen LogP contribution in [-0.4, -0.2) is 36.4 Å². The molecule has 9 heteroatoms. The molecule has 0 bridgehead atoms. The zero-order valence-corrected chi connectivity index (χ0v) is 18.7. The number of nitrogens with one attached hydrogen (secondary N) is 1. The van der Waals surface area contributed by atoms with Crippen molar-refractivity contribution in [3.05, 3.63) is 59.7 Å². The van der Waals surface area contributed by atoms with Crippen LogP contribution in [0.3, 0.4) is 0 Å². The highest BCUT2D eigenvalue weighted by Crippen LogP contribution is 2.23. The van der Waals surface area contributed by atoms with Crippen molar-refractivity contribution < 1.29 is 21.8 Å². The Morgan fingerprint density at radius 3 is 2.07 bits per heavy atom. The predicted molar refractivity (Wildman–Crippen MR) is 115 cm³/mol. The minimum atomic E-state index is -4.42. The second-order valence-corrected chi connectivity index (χ2v) is 7.63. The van der Waals surface area contributed by atoms with Crippen LogP contribution in [0.25, 0.3) is 22.8 Å². The van der Waals surface area contributed by atoms with E-state index in [0.717, 1.165) is 29.3 Å². The summed E-state index contributed by atoms with van der Waals surface area (Å²) in [5, 5.41) is 4.83. The van der Waals surface area contributed by atoms with Gasteiger partial charge in [0, 0.05) is 12.6 Å². The second kappa shape index (κ2) is 10.3. The molecule has 3 aromatic rings. The first kappa shape index (κ1) is 23.5. The van der Waals surface area contributed by atoms with Crippen LogP contribution in [0, 0.1) is 13.8 Å². The maximum absolute atomic E-state index is 9.45. The summed E-state index contributed by atoms with van der Waals surface area (Å²) in [6.45, 7) is 8.48. The lowest BCUT2D eigenvalue weighted by Crippen LogP contribution is -2.37. The summed E-state index contributed by atoms with van der Waals surface area (Å²) < 4.78 is 36.1. The van der Waals surface area contributed by atoms with E-state index < -0.39 is 10.4 Å². The van der Waals surface area contributed by atoms with Gasteiger partial charge in [-0.15, -0.1) is 9.36 Å². The minimum Gasteiger partial charge on any atom is -0.726 e. The lowest BCUT2D eigenvalue weighted by molar-refractivity contribution is -0.737. The van der Waals surface area contributed by atoms with Crippen LogP contribution in [0.2, 0.25) is 0 Å². The van der Waals surface area contributed by atoms with Gasteiger partial charge in [0.05, 0.1) is 12.2 Å². The van der Waals surface area contributed by atoms with Crippen LogP contribution in [0.5, 0.6) is 0 Å². The highest BCUT2D eigenvalue weighted by atomic mass is 32.3. The molecule has 0 unspecified atom stereocenters. The molecule has 0 spiro atoms. The number of rotatable bonds is 6. The first-order valence-electron chi connectivity index (χ1n) is 9.65. The van der Waals surface area contributed by atoms with E-state index in [1.54, 1.807) is 0 Å². The summed E-state index contributed by atoms with van der Waals surface area (Å²) in [4.78, 5) is 0. The van der Waals surface area contributed by atoms with Gasteiger partial charge in [-0.25, -0.2) is 8.42 Å². The Labute approximate surface area is 178 Å². The number of benzene rings is 2. The molecule has 0 radical (unpaired) electrons. The molecule has 3 rings (SSSR count). The van der Waals surface area contributed by atoms with Crippen molar-refractivity contribution in [3.63, 3.8) is 0 Å². The largest absolute Gasteiger partial charge is 0.726 e. The monoisotopic (exact) mass is 432 g/mol. The van der Waals surface area contributed by atoms with Crippen LogP contribution < -0.4 is 10.1 Å². The molecular formula is C21H28N4O4S. The molecule has 1 aromatic heterocycles. The molecule has 162 valence electrons. The molecule has 0 aliphatic heterocycles. The topological polar surface area (TPSA) is 100 Å². The first-order valence-corrected chi connectivity index (χ1v) is 11.0. The molecule has 8 nitrogen and oxygen atoms in total. The van der Waals surface area contributed by atoms with Gasteiger partial charge in [-0.1, -0.05) is 35.4 Å². The normalized spacial score (nSPS) is 11.0. The lowest BCUT2D eigenvalue weighted by Gasteiger charge is -2.04. The van der Waals surface area contributed by atoms with Gasteiger partial charge in [0.1, 0.15) is 6.54 Å². The number of nitrogens with zero attached hydrogens (tertiary/aromatic N) is 3. The molecule has 1 heterocycles. The van der Waals surface area contributed by atoms with Crippen LogP contribution in [0.4, 0.5) is 0 Å². The average molecular weight is 433 g/mol. The number of aryl methyl sites for hydroxylation is 3. The SMILES string of the molecule is CCOS(=O)(=O)[O-].CC[n+]1nc(-c2cccc(C)c2)n(NC)c1-c1cccc(C)c1. The van der Waals surface area contributed by atoms with Crippen molar-refractivity contribution in [1.29, 1.82) is 0 Å². The van der Waals surface area contributed by atoms with Crippen LogP contribution in [0.15, 0.2) is 48.5 Å². The Morgan fingerprint density at radius 1 is 1.07 bits per heavy atom. The van der Waals surface area contributed by atoms with E-state index in [0.29, 0.717) is 0 Å². The fraction of sp³-hybridized carbons (Fsp3) is 0.333. The van der Waals surface area contributed by atoms with Crippen LogP contribution in [0.1, 0.15) is 25.0 Å². The van der Waals surface area contributed by atoms with Gasteiger partial charge in [0.25, 0.3) is 5.82 Å². The van der Waals surface area contributed by atoms with E-state index in [9.17, 15) is 13.0 Å². The maximum Gasteiger partial charge on any atom is 0.334 e. The van der Waals surface area contributed by atoms with E-state index in [4.69, 9.17) is 5.10 Å². The Morgan fingerprint density at radius 2 is 1.63 bits per heavy atom. The minimum absolute atomic E-state index is 0.0914. The highest BCUT2D eigenvalue weighted by Gasteiger charge is 2.27. The molecule has 0 fully saturated rings. The fourth-order valence-corrected chi connectivity index (χ4v) is 3.32. The summed E-state index contributed by atoms with van der Waals surface area (Å²) in [6, 6.07) is 17.0. The average Bonchev–Trinajstić information content (AvgIpc) is 3.06. The quantitative estimate of drug-likeness (QED) is 0.365. The van der Waals surface area contributed by atoms with Gasteiger partial charge in [-0.2, -0.15) is 0 Å². The van der Waals surface area contributed by atoms with Crippen molar-refractivity contribution in [2.45, 2.75) is 34.2 Å². The van der Waals surface area contributed by atoms with Crippen molar-refractivity contribution in [3.8, 4) is 22.8 Å². The Balaban J connectivity index is 0.000000396. The van der Waals surface area contributed by atoms with Gasteiger partial charge < -0.3 is 4.55 Å². The van der Waals surface area contributed by atoms with E-state index in [1.165, 1.54) is 18.1 Å². The van der Waals surface area contributed by atoms with Gasteiger partial charge >= 0.3 is 5.82 Å². The van der Waals surface area contributed by atoms with Crippen molar-refractivity contribution in [1.82, 2.24) is 9.77 Å². The lowest BCUT2D eigenvalue weighted by atomic mass is 10.1. The van der Waals surface area contributed by atoms with E-state index in [2.05, 4.69) is 83.6 Å². The molecule has 0 saturated heterocycles. The summed E-state index contributed by atoms with van der Waals surface area (Å²) in [6.07, 6.45) is 0. The standard InChI is InChI=1S/C19H23N4.C2H6O4S/c1-5-22-19(17-11-7-9-15(3)13-17)23(20-4)18(21-22)16-10-6-8-14(2)12-16;1-2-6-7(3,4)5/h6-13,20H,5H2,1-4H3;2H2,1H3,(H,3,4,5)/q+1;/p-1. The van der Waals surface area contributed by atoms with Gasteiger partial charge in [-0.3, -0.25) is 9.61 Å². The van der Waals surface area contributed by atoms with E-state index >= 15 is 0 Å². The summed E-state index contributed by atoms with van der Waals surface area (Å²) in [5.41, 5.74) is 8.03. The maximum atomic E-state index is 9.45. The van der Waals surface area contributed by atoms with Crippen molar-refractivity contribution >= 4 is 10.4 Å². The molecular weight excluding hydrogens is 404 g/mol. The third-order valence-corrected chi connectivity index (χ3v) is 4.75. The van der Waals surface area contributed by atoms with Crippen LogP contribution in [-0.2, 0) is 21.1 Å². The predicted octanol–water partition coefficient (Wildman–Crippen LogP) is 2.80. The zero-order valence-electron chi connectivity index (χ0n) is 17.9. The Hall–Kier alpha value is -2.75. The van der Waals surface area contributed by atoms with Gasteiger partial charge in [-0.05, 0) is 57.1 Å². The molecule has 0 atom stereocenters. The first-order chi connectivity index (χ1) is 14.2. The second-order valence-electron chi connectivity index (χ2n) is 6.58. The number of hydrogen-bond donors (Lipinski definition) is 1. The zero-order chi connectivity index (χ0) is 22.3. The third-order valence-electron chi connectivity index (χ3n) is 4.22. The van der Waals surface area contributed by atoms with Crippen molar-refractivity contribution in [2.24, 2.45) is 0 Å². The molecule has 0 amide bonds. The van der Waals surface area contributed by atoms with Gasteiger partial charge in [0.15, 0.2) is 0 Å². The third kappa shape index (κ3) is 6.12. The van der Waals surface area contributed by atoms with E-state index in [-0.39, 0.29) is 6.61 Å². The molecule has 0 saturated carbocycles. The molecule has 30 heavy (non-hydrogen) atoms. The Kier molecular flexibility index (Phi) is 8.10. The summed E-state index contributed by atoms with van der Waals surface area (Å²) in [7, 11) is -2.49. The molecule has 0 aliphatic carbocycles. The Bertz CT molecular complexity index is 1090. The smallest absolute Gasteiger partial charge is 0.334 e. The highest BCUT2D eigenvalue weighted by molar-refractivity contribution is 7.80. The summed E-state index contributed by atoms with van der Waals surface area (Å²) in [5.74, 6) is 1.99. The summed E-state index contributed by atoms with van der Waals surface area (Å²) >= 11 is 0. The fourth-order valence-electron chi connectivity index (χ4n) is 3.03. The molecule has 0 aliphatic rings. The number of hydrogen-bond acceptors (Lipinski definition) is 6. The van der Waals surface area contributed by atoms with E-state index in [1.807, 2.05) is 11.7 Å². The van der Waals surface area contributed by atoms with Crippen LogP contribution >= 0.6 is 0 Å². The molecule has 1 N–H and O–H groups in total. The molecule has 2 aromatic carbocycles. The van der Waals surface area contributed by atoms with Crippen molar-refractivity contribution in [2.75, 3.05) is 19.1 Å². The number of aromatic nitrogens is 3.